The normalized spacial score (nSPS) is 16.2. The van der Waals surface area contributed by atoms with Crippen molar-refractivity contribution in [3.8, 4) is 0 Å². The number of carbonyl (C=O) groups excluding carboxylic acids is 2. The average Bonchev–Trinajstić information content (AvgIpc) is 3.23. The number of nitrogens with zero attached hydrogens (tertiary/aromatic N) is 2. The average molecular weight is 319 g/mol. The summed E-state index contributed by atoms with van der Waals surface area (Å²) in [5, 5.41) is 3.24. The molecule has 0 saturated carbocycles. The van der Waals surface area contributed by atoms with Gasteiger partial charge in [0.1, 0.15) is 5.84 Å². The molecule has 0 fully saturated rings. The van der Waals surface area contributed by atoms with E-state index in [-0.39, 0.29) is 11.8 Å². The summed E-state index contributed by atoms with van der Waals surface area (Å²) >= 11 is 0. The van der Waals surface area contributed by atoms with Crippen LogP contribution in [-0.4, -0.2) is 42.2 Å². The second-order valence-corrected chi connectivity index (χ2v) is 5.91. The van der Waals surface area contributed by atoms with Crippen LogP contribution < -0.4 is 5.32 Å². The Balaban J connectivity index is 1.44. The highest BCUT2D eigenvalue weighted by Crippen LogP contribution is 2.22. The van der Waals surface area contributed by atoms with E-state index in [2.05, 4.69) is 10.3 Å². The van der Waals surface area contributed by atoms with Crippen molar-refractivity contribution in [3.05, 3.63) is 70.8 Å². The van der Waals surface area contributed by atoms with Crippen LogP contribution >= 0.6 is 0 Å². The van der Waals surface area contributed by atoms with Gasteiger partial charge in [-0.2, -0.15) is 0 Å². The van der Waals surface area contributed by atoms with Gasteiger partial charge >= 0.3 is 0 Å². The summed E-state index contributed by atoms with van der Waals surface area (Å²) in [6, 6.07) is 15.1. The molecule has 0 unspecified atom stereocenters. The van der Waals surface area contributed by atoms with Crippen molar-refractivity contribution >= 4 is 17.6 Å². The monoisotopic (exact) mass is 319 g/mol. The van der Waals surface area contributed by atoms with E-state index in [1.54, 1.807) is 24.3 Å². The molecule has 2 aromatic rings. The van der Waals surface area contributed by atoms with Crippen LogP contribution in [0.1, 0.15) is 31.8 Å². The molecule has 0 aromatic heterocycles. The number of nitrogens with one attached hydrogen (secondary N) is 1. The minimum absolute atomic E-state index is 0.197. The van der Waals surface area contributed by atoms with Crippen LogP contribution in [0.15, 0.2) is 53.5 Å². The van der Waals surface area contributed by atoms with E-state index in [1.165, 1.54) is 4.90 Å². The van der Waals surface area contributed by atoms with Crippen LogP contribution in [0.5, 0.6) is 0 Å². The fraction of sp³-hybridized carbons (Fsp3) is 0.211. The Bertz CT molecular complexity index is 805. The summed E-state index contributed by atoms with van der Waals surface area (Å²) in [6.45, 7) is 2.10. The molecule has 2 aliphatic heterocycles. The molecule has 0 radical (unpaired) electrons. The summed E-state index contributed by atoms with van der Waals surface area (Å²) in [5.41, 5.74) is 3.16. The summed E-state index contributed by atoms with van der Waals surface area (Å²) in [7, 11) is 0. The van der Waals surface area contributed by atoms with Gasteiger partial charge in [0.25, 0.3) is 11.8 Å². The molecule has 2 heterocycles. The lowest BCUT2D eigenvalue weighted by Crippen LogP contribution is -2.31. The van der Waals surface area contributed by atoms with Crippen LogP contribution in [0.2, 0.25) is 0 Å². The zero-order valence-electron chi connectivity index (χ0n) is 13.2. The minimum Gasteiger partial charge on any atom is -0.368 e. The van der Waals surface area contributed by atoms with Gasteiger partial charge in [-0.3, -0.25) is 19.5 Å². The van der Waals surface area contributed by atoms with Crippen molar-refractivity contribution in [3.63, 3.8) is 0 Å². The van der Waals surface area contributed by atoms with Gasteiger partial charge in [-0.25, -0.2) is 0 Å². The fourth-order valence-corrected chi connectivity index (χ4v) is 3.10. The fourth-order valence-electron chi connectivity index (χ4n) is 3.10. The Morgan fingerprint density at radius 3 is 2.21 bits per heavy atom. The number of hydrogen-bond acceptors (Lipinski definition) is 4. The van der Waals surface area contributed by atoms with E-state index < -0.39 is 0 Å². The Morgan fingerprint density at radius 2 is 1.62 bits per heavy atom. The first-order chi connectivity index (χ1) is 11.7. The molecular formula is C19H17N3O2. The molecular weight excluding hydrogens is 302 g/mol. The molecule has 2 aliphatic rings. The number of imide groups is 1. The van der Waals surface area contributed by atoms with E-state index in [0.29, 0.717) is 24.1 Å². The predicted octanol–water partition coefficient (Wildman–Crippen LogP) is 1.88. The van der Waals surface area contributed by atoms with Crippen molar-refractivity contribution in [1.29, 1.82) is 0 Å². The van der Waals surface area contributed by atoms with E-state index in [0.717, 1.165) is 30.1 Å². The summed E-state index contributed by atoms with van der Waals surface area (Å²) < 4.78 is 0. The zero-order valence-corrected chi connectivity index (χ0v) is 13.2. The second-order valence-electron chi connectivity index (χ2n) is 5.91. The Labute approximate surface area is 140 Å². The number of aliphatic imine (C=N–C) groups is 1. The van der Waals surface area contributed by atoms with Gasteiger partial charge in [0.15, 0.2) is 0 Å². The molecule has 0 aliphatic carbocycles. The van der Waals surface area contributed by atoms with E-state index in [4.69, 9.17) is 0 Å². The number of amidine groups is 1. The molecule has 0 bridgehead atoms. The molecule has 1 N–H and O–H groups in total. The number of hydrogen-bond donors (Lipinski definition) is 1. The molecule has 2 aromatic carbocycles. The van der Waals surface area contributed by atoms with Crippen molar-refractivity contribution in [2.75, 3.05) is 19.6 Å². The van der Waals surface area contributed by atoms with Crippen molar-refractivity contribution in [2.24, 2.45) is 4.99 Å². The molecule has 0 spiro atoms. The van der Waals surface area contributed by atoms with Crippen LogP contribution in [0, 0.1) is 0 Å². The minimum atomic E-state index is -0.197. The lowest BCUT2D eigenvalue weighted by molar-refractivity contribution is 0.0656. The van der Waals surface area contributed by atoms with Gasteiger partial charge in [0, 0.05) is 18.7 Å². The predicted molar refractivity (Wildman–Crippen MR) is 91.4 cm³/mol. The van der Waals surface area contributed by atoms with E-state index in [9.17, 15) is 9.59 Å². The maximum atomic E-state index is 12.3. The molecule has 5 heteroatoms. The summed E-state index contributed by atoms with van der Waals surface area (Å²) in [5.74, 6) is 0.537. The molecule has 120 valence electrons. The first kappa shape index (κ1) is 14.6. The number of fused-ring (bicyclic) bond motifs is 1. The molecule has 0 saturated heterocycles. The highest BCUT2D eigenvalue weighted by Gasteiger charge is 2.34. The van der Waals surface area contributed by atoms with Gasteiger partial charge in [0.05, 0.1) is 17.7 Å². The molecule has 24 heavy (non-hydrogen) atoms. The Hall–Kier alpha value is -2.95. The molecule has 5 nitrogen and oxygen atoms in total. The van der Waals surface area contributed by atoms with Gasteiger partial charge in [0.2, 0.25) is 0 Å². The smallest absolute Gasteiger partial charge is 0.261 e. The zero-order chi connectivity index (χ0) is 16.5. The topological polar surface area (TPSA) is 61.8 Å². The summed E-state index contributed by atoms with van der Waals surface area (Å²) in [6.07, 6.45) is 0.644. The van der Waals surface area contributed by atoms with Gasteiger partial charge in [-0.05, 0) is 24.1 Å². The third-order valence-corrected chi connectivity index (χ3v) is 4.40. The third-order valence-electron chi connectivity index (χ3n) is 4.40. The maximum Gasteiger partial charge on any atom is 0.261 e. The Kier molecular flexibility index (Phi) is 3.61. The quantitative estimate of drug-likeness (QED) is 0.875. The highest BCUT2D eigenvalue weighted by atomic mass is 16.2. The van der Waals surface area contributed by atoms with Gasteiger partial charge in [-0.1, -0.05) is 36.4 Å². The number of carbonyl (C=O) groups is 2. The van der Waals surface area contributed by atoms with Crippen LogP contribution in [0.25, 0.3) is 0 Å². The first-order valence-corrected chi connectivity index (χ1v) is 8.07. The van der Waals surface area contributed by atoms with Crippen LogP contribution in [0.3, 0.4) is 0 Å². The highest BCUT2D eigenvalue weighted by molar-refractivity contribution is 6.21. The van der Waals surface area contributed by atoms with Gasteiger partial charge in [-0.15, -0.1) is 0 Å². The first-order valence-electron chi connectivity index (χ1n) is 8.07. The maximum absolute atomic E-state index is 12.3. The number of amides is 2. The standard InChI is InChI=1S/C19H17N3O2/c23-18-15-3-1-2-4-16(15)19(24)22(18)12-9-13-5-7-14(8-6-13)17-20-10-11-21-17/h1-8H,9-12H2,(H,20,21). The number of rotatable bonds is 4. The molecule has 0 atom stereocenters. The SMILES string of the molecule is O=C1c2ccccc2C(=O)N1CCc1ccc(C2=NCCN2)cc1. The lowest BCUT2D eigenvalue weighted by atomic mass is 10.1. The third kappa shape index (κ3) is 2.48. The van der Waals surface area contributed by atoms with Gasteiger partial charge < -0.3 is 5.32 Å². The van der Waals surface area contributed by atoms with Crippen LogP contribution in [-0.2, 0) is 6.42 Å². The van der Waals surface area contributed by atoms with Crippen LogP contribution in [0.4, 0.5) is 0 Å². The molecule has 4 rings (SSSR count). The Morgan fingerprint density at radius 1 is 0.958 bits per heavy atom. The second kappa shape index (κ2) is 5.92. The van der Waals surface area contributed by atoms with Crippen molar-refractivity contribution in [1.82, 2.24) is 10.2 Å². The summed E-state index contributed by atoms with van der Waals surface area (Å²) in [4.78, 5) is 30.4. The van der Waals surface area contributed by atoms with E-state index in [1.807, 2.05) is 24.3 Å². The molecule has 2 amide bonds. The largest absolute Gasteiger partial charge is 0.368 e. The lowest BCUT2D eigenvalue weighted by Gasteiger charge is -2.13. The van der Waals surface area contributed by atoms with Crippen molar-refractivity contribution in [2.45, 2.75) is 6.42 Å². The van der Waals surface area contributed by atoms with E-state index >= 15 is 0 Å². The van der Waals surface area contributed by atoms with Crippen molar-refractivity contribution < 1.29 is 9.59 Å². The number of benzene rings is 2.